The zero-order valence-electron chi connectivity index (χ0n) is 14.3. The minimum Gasteiger partial charge on any atom is -0.399 e. The van der Waals surface area contributed by atoms with Gasteiger partial charge in [0.2, 0.25) is 0 Å². The Balaban J connectivity index is 2.70. The van der Waals surface area contributed by atoms with Crippen molar-refractivity contribution in [3.8, 4) is 0 Å². The molecule has 2 aromatic rings. The molecule has 0 radical (unpaired) electrons. The predicted molar refractivity (Wildman–Crippen MR) is 96.3 cm³/mol. The number of rotatable bonds is 7. The lowest BCUT2D eigenvalue weighted by molar-refractivity contribution is -0.385. The molecule has 0 saturated carbocycles. The van der Waals surface area contributed by atoms with Gasteiger partial charge in [-0.15, -0.1) is 0 Å². The Kier molecular flexibility index (Phi) is 5.97. The molecule has 136 valence electrons. The van der Waals surface area contributed by atoms with Crippen LogP contribution in [0.4, 0.5) is 11.4 Å². The second kappa shape index (κ2) is 8.17. The molecule has 0 aliphatic heterocycles. The van der Waals surface area contributed by atoms with Crippen molar-refractivity contribution in [1.29, 1.82) is 0 Å². The maximum atomic E-state index is 11.2. The summed E-state index contributed by atoms with van der Waals surface area (Å²) in [4.78, 5) is 26.3. The van der Waals surface area contributed by atoms with Crippen LogP contribution in [0, 0.1) is 27.2 Å². The summed E-state index contributed by atoms with van der Waals surface area (Å²) in [6.07, 6.45) is 0.462. The second-order valence-electron chi connectivity index (χ2n) is 5.52. The van der Waals surface area contributed by atoms with Crippen LogP contribution in [0.5, 0.6) is 0 Å². The van der Waals surface area contributed by atoms with Gasteiger partial charge >= 0.3 is 0 Å². The molecule has 0 amide bonds. The molecule has 2 rings (SSSR count). The number of nitrogens with zero attached hydrogens (tertiary/aromatic N) is 3. The molecule has 0 bridgehead atoms. The molecule has 0 aliphatic carbocycles. The molecule has 2 aromatic carbocycles. The molecule has 9 heteroatoms. The van der Waals surface area contributed by atoms with Gasteiger partial charge in [0, 0.05) is 34.9 Å². The molecule has 0 fully saturated rings. The summed E-state index contributed by atoms with van der Waals surface area (Å²) in [5.41, 5.74) is 7.80. The van der Waals surface area contributed by atoms with E-state index in [-0.39, 0.29) is 17.1 Å². The van der Waals surface area contributed by atoms with Gasteiger partial charge in [0.05, 0.1) is 9.85 Å². The number of non-ortho nitro benzene ring substituents is 1. The van der Waals surface area contributed by atoms with E-state index in [9.17, 15) is 20.2 Å². The fourth-order valence-corrected chi connectivity index (χ4v) is 2.57. The quantitative estimate of drug-likeness (QED) is 0.459. The van der Waals surface area contributed by atoms with Crippen LogP contribution in [-0.2, 0) is 11.3 Å². The number of benzene rings is 2. The highest BCUT2D eigenvalue weighted by Crippen LogP contribution is 2.26. The number of nitrogens with two attached hydrogens (primary N) is 1. The molecule has 2 N–H and O–H groups in total. The topological polar surface area (TPSA) is 134 Å². The summed E-state index contributed by atoms with van der Waals surface area (Å²) >= 11 is 0. The van der Waals surface area contributed by atoms with E-state index in [0.717, 1.165) is 5.56 Å². The van der Waals surface area contributed by atoms with Crippen molar-refractivity contribution in [2.45, 2.75) is 13.3 Å². The van der Waals surface area contributed by atoms with Crippen LogP contribution in [0.2, 0.25) is 0 Å². The van der Waals surface area contributed by atoms with Crippen LogP contribution in [-0.4, -0.2) is 29.2 Å². The summed E-state index contributed by atoms with van der Waals surface area (Å²) in [6, 6.07) is 8.99. The van der Waals surface area contributed by atoms with Crippen molar-refractivity contribution in [1.82, 2.24) is 0 Å². The number of aryl methyl sites for hydroxylation is 1. The molecular formula is C17H18N4O5. The van der Waals surface area contributed by atoms with Gasteiger partial charge < -0.3 is 10.6 Å². The van der Waals surface area contributed by atoms with Gasteiger partial charge in [-0.1, -0.05) is 23.4 Å². The van der Waals surface area contributed by atoms with E-state index < -0.39 is 9.85 Å². The van der Waals surface area contributed by atoms with Crippen molar-refractivity contribution in [3.63, 3.8) is 0 Å². The number of nitro benzene ring substituents is 2. The minimum atomic E-state index is -0.516. The fraction of sp³-hybridized carbons (Fsp3) is 0.235. The van der Waals surface area contributed by atoms with Gasteiger partial charge in [0.25, 0.3) is 11.4 Å². The molecule has 0 spiro atoms. The molecule has 0 aliphatic rings. The minimum absolute atomic E-state index is 0.0721. The van der Waals surface area contributed by atoms with E-state index in [1.54, 1.807) is 25.1 Å². The lowest BCUT2D eigenvalue weighted by Gasteiger charge is -2.12. The first kappa shape index (κ1) is 19.0. The average molecular weight is 358 g/mol. The zero-order chi connectivity index (χ0) is 19.3. The standard InChI is InChI=1S/C17H18N4O5/c1-11-3-4-13(9-16(11)21(24)25)17(19-26-2)15-10-14(20(22)23)6-5-12(15)7-8-18/h3-6,9-10H,7-8,18H2,1-2H3/b19-17-. The highest BCUT2D eigenvalue weighted by Gasteiger charge is 2.20. The maximum Gasteiger partial charge on any atom is 0.272 e. The van der Waals surface area contributed by atoms with Crippen LogP contribution in [0.15, 0.2) is 41.6 Å². The van der Waals surface area contributed by atoms with E-state index >= 15 is 0 Å². The molecule has 26 heavy (non-hydrogen) atoms. The van der Waals surface area contributed by atoms with Gasteiger partial charge in [0.1, 0.15) is 12.8 Å². The van der Waals surface area contributed by atoms with Crippen molar-refractivity contribution in [2.24, 2.45) is 10.9 Å². The number of hydrogen-bond acceptors (Lipinski definition) is 7. The van der Waals surface area contributed by atoms with Crippen molar-refractivity contribution in [2.75, 3.05) is 13.7 Å². The van der Waals surface area contributed by atoms with Crippen molar-refractivity contribution < 1.29 is 14.7 Å². The molecular weight excluding hydrogens is 340 g/mol. The lowest BCUT2D eigenvalue weighted by Crippen LogP contribution is -2.12. The third kappa shape index (κ3) is 4.01. The molecule has 0 heterocycles. The monoisotopic (exact) mass is 358 g/mol. The van der Waals surface area contributed by atoms with Crippen LogP contribution in [0.3, 0.4) is 0 Å². The van der Waals surface area contributed by atoms with E-state index in [1.165, 1.54) is 25.3 Å². The highest BCUT2D eigenvalue weighted by molar-refractivity contribution is 6.14. The summed E-state index contributed by atoms with van der Waals surface area (Å²) in [6.45, 7) is 1.96. The van der Waals surface area contributed by atoms with Gasteiger partial charge in [-0.05, 0) is 25.5 Å². The Hall–Kier alpha value is -3.33. The third-order valence-electron chi connectivity index (χ3n) is 3.83. The molecule has 0 aromatic heterocycles. The van der Waals surface area contributed by atoms with Crippen LogP contribution in [0.1, 0.15) is 22.3 Å². The fourth-order valence-electron chi connectivity index (χ4n) is 2.57. The van der Waals surface area contributed by atoms with Crippen LogP contribution >= 0.6 is 0 Å². The summed E-state index contributed by atoms with van der Waals surface area (Å²) in [7, 11) is 1.34. The molecule has 0 unspecified atom stereocenters. The molecule has 0 atom stereocenters. The van der Waals surface area contributed by atoms with Gasteiger partial charge in [-0.2, -0.15) is 0 Å². The Morgan fingerprint density at radius 2 is 1.88 bits per heavy atom. The highest BCUT2D eigenvalue weighted by atomic mass is 16.6. The molecule has 0 saturated heterocycles. The maximum absolute atomic E-state index is 11.2. The SMILES string of the molecule is CO/N=C(/c1ccc(C)c([N+](=O)[O-])c1)c1cc([N+](=O)[O-])ccc1CCN. The Morgan fingerprint density at radius 1 is 1.15 bits per heavy atom. The van der Waals surface area contributed by atoms with E-state index in [0.29, 0.717) is 29.7 Å². The normalized spacial score (nSPS) is 11.3. The van der Waals surface area contributed by atoms with Gasteiger partial charge in [-0.3, -0.25) is 20.2 Å². The summed E-state index contributed by atoms with van der Waals surface area (Å²) in [5, 5.41) is 26.3. The predicted octanol–water partition coefficient (Wildman–Crippen LogP) is 2.71. The Bertz CT molecular complexity index is 879. The van der Waals surface area contributed by atoms with Gasteiger partial charge in [0.15, 0.2) is 0 Å². The van der Waals surface area contributed by atoms with E-state index in [2.05, 4.69) is 5.16 Å². The van der Waals surface area contributed by atoms with Gasteiger partial charge in [-0.25, -0.2) is 0 Å². The number of hydrogen-bond donors (Lipinski definition) is 1. The largest absolute Gasteiger partial charge is 0.399 e. The first-order valence-electron chi connectivity index (χ1n) is 7.73. The number of nitro groups is 2. The van der Waals surface area contributed by atoms with E-state index in [4.69, 9.17) is 10.6 Å². The smallest absolute Gasteiger partial charge is 0.272 e. The first-order valence-corrected chi connectivity index (χ1v) is 7.73. The van der Waals surface area contributed by atoms with Crippen molar-refractivity contribution >= 4 is 17.1 Å². The molecule has 9 nitrogen and oxygen atoms in total. The zero-order valence-corrected chi connectivity index (χ0v) is 14.3. The van der Waals surface area contributed by atoms with Crippen LogP contribution in [0.25, 0.3) is 0 Å². The first-order chi connectivity index (χ1) is 12.4. The van der Waals surface area contributed by atoms with Crippen LogP contribution < -0.4 is 5.73 Å². The number of oxime groups is 1. The summed E-state index contributed by atoms with van der Waals surface area (Å²) in [5.74, 6) is 0. The van der Waals surface area contributed by atoms with Crippen molar-refractivity contribution in [3.05, 3.63) is 78.9 Å². The average Bonchev–Trinajstić information content (AvgIpc) is 2.60. The Labute approximate surface area is 149 Å². The second-order valence-corrected chi connectivity index (χ2v) is 5.52. The lowest BCUT2D eigenvalue weighted by atomic mass is 9.94. The summed E-state index contributed by atoms with van der Waals surface area (Å²) < 4.78 is 0. The third-order valence-corrected chi connectivity index (χ3v) is 3.83. The van der Waals surface area contributed by atoms with E-state index in [1.807, 2.05) is 0 Å². The Morgan fingerprint density at radius 3 is 2.46 bits per heavy atom.